The summed E-state index contributed by atoms with van der Waals surface area (Å²) in [6, 6.07) is 5.71. The number of hydrogen-bond acceptors (Lipinski definition) is 2. The van der Waals surface area contributed by atoms with Gasteiger partial charge in [0.15, 0.2) is 0 Å². The molecule has 0 aromatic heterocycles. The van der Waals surface area contributed by atoms with E-state index in [0.29, 0.717) is 10.5 Å². The second-order valence-electron chi connectivity index (χ2n) is 4.89. The van der Waals surface area contributed by atoms with Gasteiger partial charge in [0, 0.05) is 15.4 Å². The number of amides is 1. The molecule has 0 saturated carbocycles. The van der Waals surface area contributed by atoms with Gasteiger partial charge in [-0.05, 0) is 31.5 Å². The lowest BCUT2D eigenvalue weighted by Gasteiger charge is -2.14. The minimum Gasteiger partial charge on any atom is -0.350 e. The molecule has 1 aromatic rings. The van der Waals surface area contributed by atoms with Gasteiger partial charge in [-0.1, -0.05) is 48.5 Å². The number of thiol groups is 1. The highest BCUT2D eigenvalue weighted by molar-refractivity contribution is 9.10. The van der Waals surface area contributed by atoms with Crippen LogP contribution in [0.3, 0.4) is 0 Å². The Balaban J connectivity index is 2.45. The lowest BCUT2D eigenvalue weighted by molar-refractivity contribution is 0.0935. The molecule has 0 fully saturated rings. The fraction of sp³-hybridized carbons (Fsp3) is 0.533. The van der Waals surface area contributed by atoms with Crippen molar-refractivity contribution in [1.29, 1.82) is 0 Å². The van der Waals surface area contributed by atoms with Gasteiger partial charge in [-0.3, -0.25) is 4.79 Å². The summed E-state index contributed by atoms with van der Waals surface area (Å²) in [6.45, 7) is 4.26. The van der Waals surface area contributed by atoms with Crippen molar-refractivity contribution in [2.75, 3.05) is 0 Å². The van der Waals surface area contributed by atoms with Gasteiger partial charge in [-0.2, -0.15) is 0 Å². The van der Waals surface area contributed by atoms with Crippen LogP contribution in [-0.4, -0.2) is 11.9 Å². The van der Waals surface area contributed by atoms with Gasteiger partial charge in [-0.25, -0.2) is 0 Å². The number of rotatable bonds is 7. The number of nitrogens with one attached hydrogen (secondary N) is 1. The van der Waals surface area contributed by atoms with Crippen LogP contribution in [0, 0.1) is 0 Å². The molecule has 2 nitrogen and oxygen atoms in total. The van der Waals surface area contributed by atoms with E-state index in [9.17, 15) is 4.79 Å². The van der Waals surface area contributed by atoms with Gasteiger partial charge in [-0.15, -0.1) is 12.6 Å². The van der Waals surface area contributed by atoms with E-state index in [1.807, 2.05) is 12.1 Å². The molecule has 19 heavy (non-hydrogen) atoms. The highest BCUT2D eigenvalue weighted by Gasteiger charge is 2.12. The smallest absolute Gasteiger partial charge is 0.252 e. The Morgan fingerprint density at radius 2 is 2.11 bits per heavy atom. The average Bonchev–Trinajstić information content (AvgIpc) is 2.34. The molecule has 0 radical (unpaired) electrons. The minimum absolute atomic E-state index is 0.0412. The van der Waals surface area contributed by atoms with Crippen molar-refractivity contribution in [2.24, 2.45) is 0 Å². The third-order valence-electron chi connectivity index (χ3n) is 3.07. The molecule has 0 aliphatic carbocycles. The molecule has 0 saturated heterocycles. The highest BCUT2D eigenvalue weighted by Crippen LogP contribution is 2.20. The third-order valence-corrected chi connectivity index (χ3v) is 3.94. The van der Waals surface area contributed by atoms with Crippen LogP contribution in [0.2, 0.25) is 0 Å². The van der Waals surface area contributed by atoms with E-state index in [4.69, 9.17) is 0 Å². The van der Waals surface area contributed by atoms with E-state index >= 15 is 0 Å². The molecule has 0 aliphatic rings. The van der Waals surface area contributed by atoms with Crippen LogP contribution in [-0.2, 0) is 0 Å². The quantitative estimate of drug-likeness (QED) is 0.539. The van der Waals surface area contributed by atoms with E-state index in [1.165, 1.54) is 25.7 Å². The summed E-state index contributed by atoms with van der Waals surface area (Å²) >= 11 is 7.70. The van der Waals surface area contributed by atoms with Gasteiger partial charge in [0.05, 0.1) is 5.56 Å². The summed E-state index contributed by atoms with van der Waals surface area (Å²) in [5, 5.41) is 3.03. The first-order valence-corrected chi connectivity index (χ1v) is 8.08. The molecule has 1 N–H and O–H groups in total. The van der Waals surface area contributed by atoms with Crippen molar-refractivity contribution in [2.45, 2.75) is 56.9 Å². The van der Waals surface area contributed by atoms with Gasteiger partial charge < -0.3 is 5.32 Å². The number of carbonyl (C=O) groups excluding carboxylic acids is 1. The molecule has 0 bridgehead atoms. The van der Waals surface area contributed by atoms with E-state index in [0.717, 1.165) is 10.9 Å². The second kappa shape index (κ2) is 8.64. The SMILES string of the molecule is CCCCCCC(C)NC(=O)c1ccc(Br)cc1S. The molecular formula is C15H22BrNOS. The van der Waals surface area contributed by atoms with Gasteiger partial charge >= 0.3 is 0 Å². The van der Waals surface area contributed by atoms with Crippen LogP contribution < -0.4 is 5.32 Å². The van der Waals surface area contributed by atoms with Crippen molar-refractivity contribution >= 4 is 34.5 Å². The van der Waals surface area contributed by atoms with Gasteiger partial charge in [0.25, 0.3) is 5.91 Å². The maximum Gasteiger partial charge on any atom is 0.252 e. The van der Waals surface area contributed by atoms with Gasteiger partial charge in [0.1, 0.15) is 0 Å². The molecule has 4 heteroatoms. The first kappa shape index (κ1) is 16.6. The Labute approximate surface area is 129 Å². The summed E-state index contributed by atoms with van der Waals surface area (Å²) in [6.07, 6.45) is 5.96. The highest BCUT2D eigenvalue weighted by atomic mass is 79.9. The summed E-state index contributed by atoms with van der Waals surface area (Å²) in [5.74, 6) is -0.0412. The fourth-order valence-electron chi connectivity index (χ4n) is 1.95. The lowest BCUT2D eigenvalue weighted by Crippen LogP contribution is -2.32. The molecule has 106 valence electrons. The molecule has 0 spiro atoms. The largest absolute Gasteiger partial charge is 0.350 e. The minimum atomic E-state index is -0.0412. The van der Waals surface area contributed by atoms with Crippen molar-refractivity contribution in [1.82, 2.24) is 5.32 Å². The normalized spacial score (nSPS) is 12.2. The van der Waals surface area contributed by atoms with Crippen molar-refractivity contribution in [3.05, 3.63) is 28.2 Å². The summed E-state index contributed by atoms with van der Waals surface area (Å²) < 4.78 is 0.932. The Morgan fingerprint density at radius 1 is 1.37 bits per heavy atom. The Morgan fingerprint density at radius 3 is 2.74 bits per heavy atom. The van der Waals surface area contributed by atoms with E-state index in [1.54, 1.807) is 6.07 Å². The number of halogens is 1. The molecule has 1 aromatic carbocycles. The average molecular weight is 344 g/mol. The predicted molar refractivity (Wildman–Crippen MR) is 87.1 cm³/mol. The zero-order valence-electron chi connectivity index (χ0n) is 11.6. The molecular weight excluding hydrogens is 322 g/mol. The maximum atomic E-state index is 12.1. The van der Waals surface area contributed by atoms with Crippen LogP contribution >= 0.6 is 28.6 Å². The first-order valence-electron chi connectivity index (χ1n) is 6.84. The number of hydrogen-bond donors (Lipinski definition) is 2. The Kier molecular flexibility index (Phi) is 7.54. The van der Waals surface area contributed by atoms with Crippen LogP contribution in [0.1, 0.15) is 56.3 Å². The molecule has 0 aliphatic heterocycles. The summed E-state index contributed by atoms with van der Waals surface area (Å²) in [7, 11) is 0. The molecule has 1 atom stereocenters. The molecule has 1 rings (SSSR count). The topological polar surface area (TPSA) is 29.1 Å². The summed E-state index contributed by atoms with van der Waals surface area (Å²) in [5.41, 5.74) is 0.631. The monoisotopic (exact) mass is 343 g/mol. The number of unbranched alkanes of at least 4 members (excludes halogenated alkanes) is 3. The zero-order valence-corrected chi connectivity index (χ0v) is 14.1. The van der Waals surface area contributed by atoms with Gasteiger partial charge in [0.2, 0.25) is 0 Å². The third kappa shape index (κ3) is 6.00. The standard InChI is InChI=1S/C15H22BrNOS/c1-3-4-5-6-7-11(2)17-15(18)13-9-8-12(16)10-14(13)19/h8-11,19H,3-7H2,1-2H3,(H,17,18). The molecule has 0 heterocycles. The lowest BCUT2D eigenvalue weighted by atomic mass is 10.1. The molecule has 1 unspecified atom stereocenters. The predicted octanol–water partition coefficient (Wildman–Crippen LogP) is 4.83. The van der Waals surface area contributed by atoms with E-state index in [2.05, 4.69) is 47.7 Å². The first-order chi connectivity index (χ1) is 9.04. The number of benzene rings is 1. The van der Waals surface area contributed by atoms with Crippen LogP contribution in [0.25, 0.3) is 0 Å². The fourth-order valence-corrected chi connectivity index (χ4v) is 2.80. The Hall–Kier alpha value is -0.480. The molecule has 1 amide bonds. The van der Waals surface area contributed by atoms with Crippen LogP contribution in [0.4, 0.5) is 0 Å². The van der Waals surface area contributed by atoms with Crippen LogP contribution in [0.5, 0.6) is 0 Å². The van der Waals surface area contributed by atoms with Crippen LogP contribution in [0.15, 0.2) is 27.6 Å². The van der Waals surface area contributed by atoms with E-state index < -0.39 is 0 Å². The van der Waals surface area contributed by atoms with Crippen molar-refractivity contribution in [3.8, 4) is 0 Å². The Bertz CT molecular complexity index is 423. The maximum absolute atomic E-state index is 12.1. The van der Waals surface area contributed by atoms with Crippen molar-refractivity contribution < 1.29 is 4.79 Å². The van der Waals surface area contributed by atoms with E-state index in [-0.39, 0.29) is 11.9 Å². The number of carbonyl (C=O) groups is 1. The summed E-state index contributed by atoms with van der Waals surface area (Å²) in [4.78, 5) is 12.8. The second-order valence-corrected chi connectivity index (χ2v) is 6.28. The van der Waals surface area contributed by atoms with Crippen molar-refractivity contribution in [3.63, 3.8) is 0 Å². The zero-order chi connectivity index (χ0) is 14.3.